The summed E-state index contributed by atoms with van der Waals surface area (Å²) < 4.78 is 0. The molecule has 0 fully saturated rings. The van der Waals surface area contributed by atoms with Crippen LogP contribution in [-0.2, 0) is 0 Å². The van der Waals surface area contributed by atoms with Crippen LogP contribution in [0.4, 0.5) is 0 Å². The van der Waals surface area contributed by atoms with E-state index in [0.717, 1.165) is 12.2 Å². The summed E-state index contributed by atoms with van der Waals surface area (Å²) in [4.78, 5) is 4.44. The molecule has 0 bridgehead atoms. The molecule has 2 heteroatoms. The zero-order valence-electron chi connectivity index (χ0n) is 12.5. The molecule has 0 atom stereocenters. The number of hydrogen-bond acceptors (Lipinski definition) is 2. The predicted molar refractivity (Wildman–Crippen MR) is 79.5 cm³/mol. The monoisotopic (exact) mass is 246 g/mol. The number of rotatable bonds is 4. The van der Waals surface area contributed by atoms with E-state index in [1.54, 1.807) is 0 Å². The largest absolute Gasteiger partial charge is 0.308 e. The molecule has 0 radical (unpaired) electrons. The van der Waals surface area contributed by atoms with Gasteiger partial charge in [0.2, 0.25) is 0 Å². The Morgan fingerprint density at radius 3 is 2.44 bits per heavy atom. The van der Waals surface area contributed by atoms with Gasteiger partial charge in [0.25, 0.3) is 0 Å². The topological polar surface area (TPSA) is 24.9 Å². The van der Waals surface area contributed by atoms with Crippen LogP contribution in [-0.4, -0.2) is 17.1 Å². The molecule has 1 aromatic heterocycles. The third-order valence-corrected chi connectivity index (χ3v) is 2.83. The Kier molecular flexibility index (Phi) is 5.09. The van der Waals surface area contributed by atoms with Gasteiger partial charge in [-0.1, -0.05) is 25.5 Å². The van der Waals surface area contributed by atoms with Gasteiger partial charge in [-0.15, -0.1) is 0 Å². The molecule has 1 heterocycles. The fourth-order valence-electron chi connectivity index (χ4n) is 1.54. The molecule has 1 aromatic rings. The van der Waals surface area contributed by atoms with E-state index < -0.39 is 0 Å². The normalized spacial score (nSPS) is 13.2. The number of hydrogen-bond donors (Lipinski definition) is 1. The van der Waals surface area contributed by atoms with E-state index in [9.17, 15) is 0 Å². The van der Waals surface area contributed by atoms with Gasteiger partial charge >= 0.3 is 0 Å². The molecule has 0 saturated carbocycles. The van der Waals surface area contributed by atoms with Crippen molar-refractivity contribution < 1.29 is 0 Å². The smallest absolute Gasteiger partial charge is 0.0629 e. The molecule has 0 spiro atoms. The van der Waals surface area contributed by atoms with Crippen LogP contribution >= 0.6 is 0 Å². The van der Waals surface area contributed by atoms with Crippen molar-refractivity contribution in [1.82, 2.24) is 10.3 Å². The van der Waals surface area contributed by atoms with E-state index in [-0.39, 0.29) is 5.54 Å². The molecule has 0 saturated heterocycles. The Labute approximate surface area is 112 Å². The van der Waals surface area contributed by atoms with E-state index >= 15 is 0 Å². The van der Waals surface area contributed by atoms with Gasteiger partial charge < -0.3 is 5.32 Å². The molecule has 0 amide bonds. The van der Waals surface area contributed by atoms with Crippen LogP contribution in [0.1, 0.15) is 45.9 Å². The van der Waals surface area contributed by atoms with Gasteiger partial charge in [-0.2, -0.15) is 0 Å². The fraction of sp³-hybridized carbons (Fsp3) is 0.562. The Balaban J connectivity index is 2.81. The maximum atomic E-state index is 4.44. The summed E-state index contributed by atoms with van der Waals surface area (Å²) in [6.45, 7) is 14.0. The molecule has 1 N–H and O–H groups in total. The van der Waals surface area contributed by atoms with Gasteiger partial charge in [0.05, 0.1) is 5.69 Å². The van der Waals surface area contributed by atoms with Gasteiger partial charge in [0.1, 0.15) is 0 Å². The predicted octanol–water partition coefficient (Wildman–Crippen LogP) is 3.82. The zero-order chi connectivity index (χ0) is 13.8. The third kappa shape index (κ3) is 5.46. The summed E-state index contributed by atoms with van der Waals surface area (Å²) in [5.74, 6) is 0.531. The lowest BCUT2D eigenvalue weighted by molar-refractivity contribution is 0.437. The van der Waals surface area contributed by atoms with Gasteiger partial charge in [0, 0.05) is 18.3 Å². The Hall–Kier alpha value is -1.15. The van der Waals surface area contributed by atoms with Crippen molar-refractivity contribution >= 4 is 6.08 Å². The first-order valence-corrected chi connectivity index (χ1v) is 6.66. The molecule has 0 aliphatic carbocycles. The lowest BCUT2D eigenvalue weighted by Crippen LogP contribution is -2.37. The van der Waals surface area contributed by atoms with Gasteiger partial charge in [-0.25, -0.2) is 0 Å². The molecular weight excluding hydrogens is 220 g/mol. The molecule has 0 aliphatic rings. The van der Waals surface area contributed by atoms with Crippen LogP contribution in [0.5, 0.6) is 0 Å². The summed E-state index contributed by atoms with van der Waals surface area (Å²) in [6, 6.07) is 4.18. The lowest BCUT2D eigenvalue weighted by Gasteiger charge is -2.23. The van der Waals surface area contributed by atoms with Gasteiger partial charge in [-0.3, -0.25) is 4.98 Å². The molecule has 1 rings (SSSR count). The second kappa shape index (κ2) is 6.14. The molecule has 2 nitrogen and oxygen atoms in total. The molecular formula is C16H26N2. The second-order valence-electron chi connectivity index (χ2n) is 6.24. The van der Waals surface area contributed by atoms with Crippen molar-refractivity contribution in [2.75, 3.05) is 6.54 Å². The zero-order valence-corrected chi connectivity index (χ0v) is 12.5. The highest BCUT2D eigenvalue weighted by Gasteiger charge is 2.11. The quantitative estimate of drug-likeness (QED) is 0.873. The van der Waals surface area contributed by atoms with Crippen molar-refractivity contribution in [1.29, 1.82) is 0 Å². The maximum Gasteiger partial charge on any atom is 0.0629 e. The standard InChI is InChI=1S/C16H26N2/c1-12(2)14(11-18-16(4,5)6)9-15-8-7-13(3)10-17-15/h7-10,12,18H,11H2,1-6H3/b14-9+. The lowest BCUT2D eigenvalue weighted by atomic mass is 10.00. The van der Waals surface area contributed by atoms with Crippen LogP contribution < -0.4 is 5.32 Å². The SMILES string of the molecule is Cc1ccc(/C=C(\CNC(C)(C)C)C(C)C)nc1. The molecule has 100 valence electrons. The second-order valence-corrected chi connectivity index (χ2v) is 6.24. The molecule has 18 heavy (non-hydrogen) atoms. The molecule has 0 aromatic carbocycles. The molecule has 0 unspecified atom stereocenters. The van der Waals surface area contributed by atoms with E-state index in [1.165, 1.54) is 11.1 Å². The summed E-state index contributed by atoms with van der Waals surface area (Å²) in [6.07, 6.45) is 4.11. The van der Waals surface area contributed by atoms with E-state index in [1.807, 2.05) is 6.20 Å². The number of pyridine rings is 1. The van der Waals surface area contributed by atoms with Crippen molar-refractivity contribution in [3.63, 3.8) is 0 Å². The number of nitrogens with zero attached hydrogens (tertiary/aromatic N) is 1. The molecule has 0 aliphatic heterocycles. The minimum atomic E-state index is 0.148. The van der Waals surface area contributed by atoms with Crippen molar-refractivity contribution in [2.24, 2.45) is 5.92 Å². The first-order chi connectivity index (χ1) is 8.28. The first kappa shape index (κ1) is 14.9. The van der Waals surface area contributed by atoms with Gasteiger partial charge in [-0.05, 0) is 51.3 Å². The van der Waals surface area contributed by atoms with Gasteiger partial charge in [0.15, 0.2) is 0 Å². The highest BCUT2D eigenvalue weighted by molar-refractivity contribution is 5.50. The summed E-state index contributed by atoms with van der Waals surface area (Å²) >= 11 is 0. The van der Waals surface area contributed by atoms with Crippen LogP contribution in [0, 0.1) is 12.8 Å². The van der Waals surface area contributed by atoms with Crippen LogP contribution in [0.25, 0.3) is 6.08 Å². The average Bonchev–Trinajstić information content (AvgIpc) is 2.25. The van der Waals surface area contributed by atoms with Crippen LogP contribution in [0.2, 0.25) is 0 Å². The van der Waals surface area contributed by atoms with E-state index in [2.05, 4.69) is 70.1 Å². The minimum Gasteiger partial charge on any atom is -0.308 e. The summed E-state index contributed by atoms with van der Waals surface area (Å²) in [5.41, 5.74) is 3.78. The maximum absolute atomic E-state index is 4.44. The van der Waals surface area contributed by atoms with Crippen molar-refractivity contribution in [3.05, 3.63) is 35.2 Å². The van der Waals surface area contributed by atoms with E-state index in [0.29, 0.717) is 5.92 Å². The Bertz CT molecular complexity index is 394. The van der Waals surface area contributed by atoms with Crippen molar-refractivity contribution in [3.8, 4) is 0 Å². The van der Waals surface area contributed by atoms with Crippen molar-refractivity contribution in [2.45, 2.75) is 47.1 Å². The minimum absolute atomic E-state index is 0.148. The summed E-state index contributed by atoms with van der Waals surface area (Å²) in [5, 5.41) is 3.54. The fourth-order valence-corrected chi connectivity index (χ4v) is 1.54. The highest BCUT2D eigenvalue weighted by Crippen LogP contribution is 2.14. The third-order valence-electron chi connectivity index (χ3n) is 2.83. The van der Waals surface area contributed by atoms with Crippen LogP contribution in [0.15, 0.2) is 23.9 Å². The first-order valence-electron chi connectivity index (χ1n) is 6.66. The van der Waals surface area contributed by atoms with Crippen LogP contribution in [0.3, 0.4) is 0 Å². The summed E-state index contributed by atoms with van der Waals surface area (Å²) in [7, 11) is 0. The number of nitrogens with one attached hydrogen (secondary N) is 1. The highest BCUT2D eigenvalue weighted by atomic mass is 14.9. The van der Waals surface area contributed by atoms with E-state index in [4.69, 9.17) is 0 Å². The average molecular weight is 246 g/mol. The number of aryl methyl sites for hydroxylation is 1. The number of aromatic nitrogens is 1. The Morgan fingerprint density at radius 1 is 1.33 bits per heavy atom. The Morgan fingerprint density at radius 2 is 2.00 bits per heavy atom.